The molecule has 0 radical (unpaired) electrons. The molecular weight excluding hydrogens is 490 g/mol. The zero-order valence-electron chi connectivity index (χ0n) is 20.8. The highest BCUT2D eigenvalue weighted by Gasteiger charge is 2.46. The fourth-order valence-electron chi connectivity index (χ4n) is 4.51. The molecule has 1 aromatic heterocycles. The van der Waals surface area contributed by atoms with E-state index in [1.807, 2.05) is 60.7 Å². The van der Waals surface area contributed by atoms with Gasteiger partial charge in [0.2, 0.25) is 17.7 Å². The molecule has 37 heavy (non-hydrogen) atoms. The van der Waals surface area contributed by atoms with Gasteiger partial charge in [0.05, 0.1) is 29.3 Å². The van der Waals surface area contributed by atoms with Gasteiger partial charge in [-0.15, -0.1) is 11.3 Å². The van der Waals surface area contributed by atoms with Crippen molar-refractivity contribution in [2.24, 2.45) is 17.8 Å². The molecule has 1 fully saturated rings. The minimum absolute atomic E-state index is 0.109. The van der Waals surface area contributed by atoms with Crippen molar-refractivity contribution in [3.63, 3.8) is 0 Å². The van der Waals surface area contributed by atoms with E-state index in [1.54, 1.807) is 13.8 Å². The van der Waals surface area contributed by atoms with Crippen LogP contribution in [0.2, 0.25) is 0 Å². The van der Waals surface area contributed by atoms with Gasteiger partial charge in [-0.3, -0.25) is 29.3 Å². The van der Waals surface area contributed by atoms with Crippen molar-refractivity contribution in [2.45, 2.75) is 39.3 Å². The maximum atomic E-state index is 13.2. The molecule has 1 saturated heterocycles. The van der Waals surface area contributed by atoms with Gasteiger partial charge in [-0.05, 0) is 29.0 Å². The van der Waals surface area contributed by atoms with Gasteiger partial charge in [-0.25, -0.2) is 0 Å². The Balaban J connectivity index is 1.51. The predicted octanol–water partition coefficient (Wildman–Crippen LogP) is 3.38. The van der Waals surface area contributed by atoms with Crippen LogP contribution in [-0.4, -0.2) is 35.5 Å². The maximum Gasteiger partial charge on any atom is 0.261 e. The van der Waals surface area contributed by atoms with Gasteiger partial charge in [0.15, 0.2) is 5.78 Å². The van der Waals surface area contributed by atoms with Crippen molar-refractivity contribution in [3.8, 4) is 0 Å². The summed E-state index contributed by atoms with van der Waals surface area (Å²) in [5, 5.41) is 8.87. The third-order valence-corrected chi connectivity index (χ3v) is 7.70. The number of ketones is 1. The van der Waals surface area contributed by atoms with Crippen LogP contribution in [0.25, 0.3) is 10.1 Å². The van der Waals surface area contributed by atoms with E-state index >= 15 is 0 Å². The highest BCUT2D eigenvalue weighted by atomic mass is 32.1. The molecule has 0 spiro atoms. The first kappa shape index (κ1) is 26.2. The normalized spacial score (nSPS) is 18.9. The van der Waals surface area contributed by atoms with E-state index in [0.717, 1.165) is 15.6 Å². The first-order valence-electron chi connectivity index (χ1n) is 12.2. The lowest BCUT2D eigenvalue weighted by Gasteiger charge is -2.26. The molecule has 0 aliphatic carbocycles. The van der Waals surface area contributed by atoms with Crippen LogP contribution in [0.1, 0.15) is 48.5 Å². The smallest absolute Gasteiger partial charge is 0.261 e. The number of rotatable bonds is 9. The van der Waals surface area contributed by atoms with Crippen LogP contribution in [0.5, 0.6) is 0 Å². The molecule has 192 valence electrons. The van der Waals surface area contributed by atoms with E-state index in [0.29, 0.717) is 4.88 Å². The van der Waals surface area contributed by atoms with Crippen molar-refractivity contribution in [1.29, 1.82) is 0 Å². The summed E-state index contributed by atoms with van der Waals surface area (Å²) in [7, 11) is 0. The topological polar surface area (TPSA) is 121 Å². The molecule has 1 aliphatic heterocycles. The lowest BCUT2D eigenvalue weighted by atomic mass is 9.85. The van der Waals surface area contributed by atoms with Crippen molar-refractivity contribution >= 4 is 50.8 Å². The number of Topliss-reactive ketones (excluding diaryl/α,β-unsaturated/α-hetero) is 1. The summed E-state index contributed by atoms with van der Waals surface area (Å²) in [6, 6.07) is 17.1. The molecule has 0 unspecified atom stereocenters. The Kier molecular flexibility index (Phi) is 7.83. The van der Waals surface area contributed by atoms with E-state index in [9.17, 15) is 24.0 Å². The lowest BCUT2D eigenvalue weighted by Crippen LogP contribution is -2.49. The number of carbonyl (C=O) groups excluding carboxylic acids is 5. The summed E-state index contributed by atoms with van der Waals surface area (Å²) < 4.78 is 0.989. The maximum absolute atomic E-state index is 13.2. The van der Waals surface area contributed by atoms with E-state index in [1.165, 1.54) is 18.3 Å². The van der Waals surface area contributed by atoms with Gasteiger partial charge in [-0.1, -0.05) is 69.3 Å². The second-order valence-corrected chi connectivity index (χ2v) is 10.7. The average molecular weight is 520 g/mol. The summed E-state index contributed by atoms with van der Waals surface area (Å²) in [6.45, 7) is 5.05. The van der Waals surface area contributed by atoms with E-state index in [-0.39, 0.29) is 18.2 Å². The molecule has 4 atom stereocenters. The molecule has 4 rings (SSSR count). The van der Waals surface area contributed by atoms with Crippen LogP contribution in [-0.2, 0) is 19.2 Å². The quantitative estimate of drug-likeness (QED) is 0.296. The number of fused-ring (bicyclic) bond motifs is 1. The number of thiophene rings is 1. The van der Waals surface area contributed by atoms with Crippen LogP contribution in [0.15, 0.2) is 60.7 Å². The van der Waals surface area contributed by atoms with Crippen LogP contribution in [0.4, 0.5) is 0 Å². The van der Waals surface area contributed by atoms with Crippen molar-refractivity contribution in [3.05, 3.63) is 71.1 Å². The fraction of sp³-hybridized carbons (Fsp3) is 0.321. The number of hydrogen-bond acceptors (Lipinski definition) is 6. The number of nitrogens with one attached hydrogen (secondary N) is 3. The van der Waals surface area contributed by atoms with Crippen molar-refractivity contribution in [2.75, 3.05) is 0 Å². The Morgan fingerprint density at radius 1 is 0.946 bits per heavy atom. The van der Waals surface area contributed by atoms with Crippen LogP contribution >= 0.6 is 11.3 Å². The molecule has 3 aromatic rings. The summed E-state index contributed by atoms with van der Waals surface area (Å²) in [5.41, 5.74) is 0.744. The zero-order chi connectivity index (χ0) is 26.7. The highest BCUT2D eigenvalue weighted by Crippen LogP contribution is 2.27. The Morgan fingerprint density at radius 3 is 2.24 bits per heavy atom. The summed E-state index contributed by atoms with van der Waals surface area (Å²) >= 11 is 1.37. The first-order chi connectivity index (χ1) is 17.7. The molecule has 2 heterocycles. The van der Waals surface area contributed by atoms with Crippen LogP contribution in [0, 0.1) is 17.8 Å². The molecule has 0 saturated carbocycles. The minimum Gasteiger partial charge on any atom is -0.346 e. The number of amides is 4. The largest absolute Gasteiger partial charge is 0.346 e. The predicted molar refractivity (Wildman–Crippen MR) is 141 cm³/mol. The number of hydrogen-bond donors (Lipinski definition) is 3. The Bertz CT molecular complexity index is 1320. The summed E-state index contributed by atoms with van der Waals surface area (Å²) in [5.74, 6) is -4.62. The third-order valence-electron chi connectivity index (χ3n) is 6.58. The fourth-order valence-corrected chi connectivity index (χ4v) is 5.47. The van der Waals surface area contributed by atoms with Gasteiger partial charge in [0, 0.05) is 4.70 Å². The first-order valence-corrected chi connectivity index (χ1v) is 13.0. The second-order valence-electron chi connectivity index (χ2n) is 9.60. The summed E-state index contributed by atoms with van der Waals surface area (Å²) in [4.78, 5) is 64.1. The van der Waals surface area contributed by atoms with Crippen molar-refractivity contribution < 1.29 is 24.0 Å². The lowest BCUT2D eigenvalue weighted by molar-refractivity contribution is -0.137. The number of carbonyl (C=O) groups is 5. The van der Waals surface area contributed by atoms with E-state index in [2.05, 4.69) is 16.0 Å². The molecular formula is C28H29N3O5S. The average Bonchev–Trinajstić information content (AvgIpc) is 3.42. The summed E-state index contributed by atoms with van der Waals surface area (Å²) in [6.07, 6.45) is -0.109. The van der Waals surface area contributed by atoms with Crippen molar-refractivity contribution in [1.82, 2.24) is 16.0 Å². The number of benzene rings is 2. The molecule has 8 nitrogen and oxygen atoms in total. The van der Waals surface area contributed by atoms with Crippen LogP contribution < -0.4 is 16.0 Å². The highest BCUT2D eigenvalue weighted by molar-refractivity contribution is 7.20. The Labute approximate surface area is 218 Å². The standard InChI is InChI=1S/C28H29N3O5S/c1-15(2)24(25(33)23-16(3)26(34)31-28(23)36)30-22(32)14-19(17-9-5-4-6-10-17)29-27(35)21-13-18-11-7-8-12-20(18)37-21/h4-13,15-16,19,23-24H,14H2,1-3H3,(H,29,35)(H,30,32)(H,31,34,36)/t16-,19-,23+,24-/m0/s1. The van der Waals surface area contributed by atoms with Crippen LogP contribution in [0.3, 0.4) is 0 Å². The van der Waals surface area contributed by atoms with Gasteiger partial charge in [-0.2, -0.15) is 0 Å². The van der Waals surface area contributed by atoms with Gasteiger partial charge in [0.25, 0.3) is 5.91 Å². The Hall–Kier alpha value is -3.85. The molecule has 4 amide bonds. The zero-order valence-corrected chi connectivity index (χ0v) is 21.6. The number of imide groups is 1. The van der Waals surface area contributed by atoms with Gasteiger partial charge in [0.1, 0.15) is 5.92 Å². The monoisotopic (exact) mass is 519 g/mol. The van der Waals surface area contributed by atoms with E-state index in [4.69, 9.17) is 0 Å². The SMILES string of the molecule is CC(C)[C@H](NC(=O)C[C@H](NC(=O)c1cc2ccccc2s1)c1ccccc1)C(=O)[C@@H]1C(=O)NC(=O)[C@H]1C. The minimum atomic E-state index is -1.14. The molecule has 3 N–H and O–H groups in total. The molecule has 2 aromatic carbocycles. The van der Waals surface area contributed by atoms with Gasteiger partial charge >= 0.3 is 0 Å². The third kappa shape index (κ3) is 5.77. The molecule has 1 aliphatic rings. The second kappa shape index (κ2) is 11.0. The molecule has 0 bridgehead atoms. The van der Waals surface area contributed by atoms with Gasteiger partial charge < -0.3 is 10.6 Å². The van der Waals surface area contributed by atoms with E-state index < -0.39 is 47.4 Å². The molecule has 9 heteroatoms. The Morgan fingerprint density at radius 2 is 1.62 bits per heavy atom.